The molecule has 1 aliphatic heterocycles. The summed E-state index contributed by atoms with van der Waals surface area (Å²) in [6.07, 6.45) is 3.40. The van der Waals surface area contributed by atoms with Gasteiger partial charge in [0.2, 0.25) is 11.9 Å². The van der Waals surface area contributed by atoms with Crippen molar-refractivity contribution < 1.29 is 13.9 Å². The molecule has 1 saturated carbocycles. The molecule has 3 aromatic rings. The first-order valence-corrected chi connectivity index (χ1v) is 10.8. The summed E-state index contributed by atoms with van der Waals surface area (Å²) >= 11 is 0. The second-order valence-corrected chi connectivity index (χ2v) is 7.99. The summed E-state index contributed by atoms with van der Waals surface area (Å²) in [5.41, 5.74) is 3.26. The van der Waals surface area contributed by atoms with Gasteiger partial charge in [-0.1, -0.05) is 0 Å². The van der Waals surface area contributed by atoms with Gasteiger partial charge >= 0.3 is 0 Å². The summed E-state index contributed by atoms with van der Waals surface area (Å²) in [7, 11) is 0. The van der Waals surface area contributed by atoms with E-state index in [0.29, 0.717) is 22.9 Å². The lowest BCUT2D eigenvalue weighted by Gasteiger charge is -2.28. The quantitative estimate of drug-likeness (QED) is 0.606. The van der Waals surface area contributed by atoms with E-state index in [-0.39, 0.29) is 11.8 Å². The largest absolute Gasteiger partial charge is 0.378 e. The van der Waals surface area contributed by atoms with E-state index in [2.05, 4.69) is 25.5 Å². The number of aromatic nitrogens is 2. The molecule has 2 fully saturated rings. The van der Waals surface area contributed by atoms with Crippen LogP contribution in [0.4, 0.5) is 27.4 Å². The zero-order valence-corrected chi connectivity index (χ0v) is 17.6. The summed E-state index contributed by atoms with van der Waals surface area (Å²) in [6.45, 7) is 3.25. The molecule has 164 valence electrons. The minimum atomic E-state index is -0.446. The van der Waals surface area contributed by atoms with E-state index in [1.54, 1.807) is 24.4 Å². The highest BCUT2D eigenvalue weighted by atomic mass is 19.1. The predicted octanol–water partition coefficient (Wildman–Crippen LogP) is 4.21. The van der Waals surface area contributed by atoms with Crippen LogP contribution in [0.3, 0.4) is 0 Å². The number of ether oxygens (including phenoxy) is 1. The van der Waals surface area contributed by atoms with Gasteiger partial charge in [0.1, 0.15) is 5.82 Å². The fraction of sp³-hybridized carbons (Fsp3) is 0.292. The number of rotatable bonds is 6. The Kier molecular flexibility index (Phi) is 5.68. The Balaban J connectivity index is 1.28. The van der Waals surface area contributed by atoms with Crippen LogP contribution in [0.1, 0.15) is 12.8 Å². The van der Waals surface area contributed by atoms with Crippen LogP contribution in [0.15, 0.2) is 54.7 Å². The third-order valence-corrected chi connectivity index (χ3v) is 5.62. The monoisotopic (exact) mass is 433 g/mol. The third kappa shape index (κ3) is 4.70. The van der Waals surface area contributed by atoms with Gasteiger partial charge in [0.05, 0.1) is 18.9 Å². The van der Waals surface area contributed by atoms with Crippen molar-refractivity contribution in [2.24, 2.45) is 5.92 Å². The highest BCUT2D eigenvalue weighted by Crippen LogP contribution is 2.31. The molecule has 0 atom stereocenters. The van der Waals surface area contributed by atoms with Gasteiger partial charge in [-0.05, 0) is 61.4 Å². The highest BCUT2D eigenvalue weighted by molar-refractivity contribution is 5.94. The van der Waals surface area contributed by atoms with Crippen molar-refractivity contribution in [1.29, 1.82) is 0 Å². The summed E-state index contributed by atoms with van der Waals surface area (Å²) in [5, 5.41) is 5.94. The lowest BCUT2D eigenvalue weighted by Crippen LogP contribution is -2.36. The molecule has 1 amide bonds. The van der Waals surface area contributed by atoms with E-state index < -0.39 is 5.82 Å². The molecular formula is C24H24FN5O2. The molecule has 32 heavy (non-hydrogen) atoms. The van der Waals surface area contributed by atoms with Gasteiger partial charge in [0, 0.05) is 47.8 Å². The van der Waals surface area contributed by atoms with E-state index in [4.69, 9.17) is 4.74 Å². The summed E-state index contributed by atoms with van der Waals surface area (Å²) < 4.78 is 20.1. The van der Waals surface area contributed by atoms with Gasteiger partial charge in [0.25, 0.3) is 0 Å². The number of carbonyl (C=O) groups excluding carboxylic acids is 1. The smallest absolute Gasteiger partial charge is 0.227 e. The Labute approximate surface area is 185 Å². The molecule has 7 nitrogen and oxygen atoms in total. The second-order valence-electron chi connectivity index (χ2n) is 7.99. The molecule has 2 aliphatic rings. The van der Waals surface area contributed by atoms with Crippen molar-refractivity contribution >= 4 is 28.9 Å². The number of carbonyl (C=O) groups is 1. The van der Waals surface area contributed by atoms with Crippen LogP contribution < -0.4 is 15.5 Å². The first-order chi connectivity index (χ1) is 15.7. The van der Waals surface area contributed by atoms with Crippen molar-refractivity contribution in [2.75, 3.05) is 41.8 Å². The van der Waals surface area contributed by atoms with Crippen molar-refractivity contribution in [1.82, 2.24) is 9.97 Å². The van der Waals surface area contributed by atoms with Crippen LogP contribution in [-0.2, 0) is 9.53 Å². The Morgan fingerprint density at radius 2 is 1.78 bits per heavy atom. The van der Waals surface area contributed by atoms with Crippen LogP contribution in [0.25, 0.3) is 11.3 Å². The molecule has 8 heteroatoms. The zero-order valence-electron chi connectivity index (χ0n) is 17.6. The minimum Gasteiger partial charge on any atom is -0.378 e. The van der Waals surface area contributed by atoms with Crippen molar-refractivity contribution in [2.45, 2.75) is 12.8 Å². The SMILES string of the molecule is O=C(Nc1ccc(-c2ccnc(Nc3ccc(N4CCOCC4)cc3)n2)c(F)c1)C1CC1. The van der Waals surface area contributed by atoms with Gasteiger partial charge in [-0.2, -0.15) is 0 Å². The predicted molar refractivity (Wildman–Crippen MR) is 122 cm³/mol. The number of hydrogen-bond acceptors (Lipinski definition) is 6. The molecule has 2 N–H and O–H groups in total. The number of nitrogens with one attached hydrogen (secondary N) is 2. The Hall–Kier alpha value is -3.52. The third-order valence-electron chi connectivity index (χ3n) is 5.62. The molecule has 2 heterocycles. The van der Waals surface area contributed by atoms with Crippen LogP contribution >= 0.6 is 0 Å². The molecule has 1 aromatic heterocycles. The average Bonchev–Trinajstić information content (AvgIpc) is 3.66. The molecular weight excluding hydrogens is 409 g/mol. The Morgan fingerprint density at radius 3 is 2.50 bits per heavy atom. The molecule has 5 rings (SSSR count). The molecule has 2 aromatic carbocycles. The van der Waals surface area contributed by atoms with E-state index in [9.17, 15) is 9.18 Å². The second kappa shape index (κ2) is 8.92. The number of benzene rings is 2. The minimum absolute atomic E-state index is 0.0506. The average molecular weight is 433 g/mol. The number of nitrogens with zero attached hydrogens (tertiary/aromatic N) is 3. The summed E-state index contributed by atoms with van der Waals surface area (Å²) in [4.78, 5) is 22.9. The number of morpholine rings is 1. The maximum Gasteiger partial charge on any atom is 0.227 e. The number of amides is 1. The fourth-order valence-corrected chi connectivity index (χ4v) is 3.67. The normalized spacial score (nSPS) is 16.0. The molecule has 0 bridgehead atoms. The Bertz CT molecular complexity index is 1110. The van der Waals surface area contributed by atoms with Crippen molar-refractivity contribution in [3.63, 3.8) is 0 Å². The van der Waals surface area contributed by atoms with Gasteiger partial charge in [-0.15, -0.1) is 0 Å². The van der Waals surface area contributed by atoms with Crippen molar-refractivity contribution in [3.05, 3.63) is 60.5 Å². The molecule has 0 radical (unpaired) electrons. The van der Waals surface area contributed by atoms with E-state index in [1.807, 2.05) is 24.3 Å². The topological polar surface area (TPSA) is 79.4 Å². The number of halogens is 1. The number of anilines is 4. The van der Waals surface area contributed by atoms with Gasteiger partial charge < -0.3 is 20.3 Å². The Morgan fingerprint density at radius 1 is 1.03 bits per heavy atom. The van der Waals surface area contributed by atoms with E-state index in [1.165, 1.54) is 6.07 Å². The van der Waals surface area contributed by atoms with E-state index in [0.717, 1.165) is 50.5 Å². The van der Waals surface area contributed by atoms with Gasteiger partial charge in [0.15, 0.2) is 0 Å². The molecule has 0 spiro atoms. The summed E-state index contributed by atoms with van der Waals surface area (Å²) in [6, 6.07) is 14.3. The first kappa shape index (κ1) is 20.4. The lowest BCUT2D eigenvalue weighted by atomic mass is 10.1. The summed E-state index contributed by atoms with van der Waals surface area (Å²) in [5.74, 6) is -0.0493. The standard InChI is InChI=1S/C24H24FN5O2/c25-21-15-18(27-23(31)16-1-2-16)5-8-20(21)22-9-10-26-24(29-22)28-17-3-6-19(7-4-17)30-11-13-32-14-12-30/h3-10,15-16H,1-2,11-14H2,(H,27,31)(H,26,28,29). The molecule has 1 saturated heterocycles. The van der Waals surface area contributed by atoms with Gasteiger partial charge in [-0.3, -0.25) is 4.79 Å². The molecule has 1 aliphatic carbocycles. The highest BCUT2D eigenvalue weighted by Gasteiger charge is 2.29. The fourth-order valence-electron chi connectivity index (χ4n) is 3.67. The molecule has 0 unspecified atom stereocenters. The zero-order chi connectivity index (χ0) is 21.9. The number of hydrogen-bond donors (Lipinski definition) is 2. The van der Waals surface area contributed by atoms with Gasteiger partial charge in [-0.25, -0.2) is 14.4 Å². The van der Waals surface area contributed by atoms with Crippen molar-refractivity contribution in [3.8, 4) is 11.3 Å². The first-order valence-electron chi connectivity index (χ1n) is 10.8. The maximum absolute atomic E-state index is 14.7. The van der Waals surface area contributed by atoms with Crippen LogP contribution in [-0.4, -0.2) is 42.2 Å². The van der Waals surface area contributed by atoms with Crippen LogP contribution in [0.5, 0.6) is 0 Å². The lowest BCUT2D eigenvalue weighted by molar-refractivity contribution is -0.117. The van der Waals surface area contributed by atoms with E-state index >= 15 is 0 Å². The maximum atomic E-state index is 14.7. The van der Waals surface area contributed by atoms with Crippen LogP contribution in [0, 0.1) is 11.7 Å². The van der Waals surface area contributed by atoms with Crippen LogP contribution in [0.2, 0.25) is 0 Å².